The van der Waals surface area contributed by atoms with Crippen molar-refractivity contribution in [1.82, 2.24) is 14.8 Å². The van der Waals surface area contributed by atoms with Gasteiger partial charge in [0.2, 0.25) is 5.91 Å². The lowest BCUT2D eigenvalue weighted by molar-refractivity contribution is -0.136. The van der Waals surface area contributed by atoms with Crippen molar-refractivity contribution >= 4 is 17.2 Å². The number of ether oxygens (including phenoxy) is 1. The number of aryl methyl sites for hydroxylation is 2. The highest BCUT2D eigenvalue weighted by Gasteiger charge is 2.28. The lowest BCUT2D eigenvalue weighted by Crippen LogP contribution is -2.48. The smallest absolute Gasteiger partial charge is 0.231 e. The van der Waals surface area contributed by atoms with E-state index >= 15 is 0 Å². The van der Waals surface area contributed by atoms with Crippen molar-refractivity contribution in [2.75, 3.05) is 33.3 Å². The number of likely N-dealkylation sites (N-methyl/N-ethyl adjacent to an activating group) is 1. The lowest BCUT2D eigenvalue weighted by Gasteiger charge is -2.35. The molecular weight excluding hydrogens is 346 g/mol. The zero-order chi connectivity index (χ0) is 18.7. The zero-order valence-corrected chi connectivity index (χ0v) is 16.9. The first-order valence-electron chi connectivity index (χ1n) is 9.21. The van der Waals surface area contributed by atoms with Gasteiger partial charge in [-0.25, -0.2) is 0 Å². The van der Waals surface area contributed by atoms with E-state index in [4.69, 9.17) is 4.74 Å². The molecule has 0 radical (unpaired) electrons. The van der Waals surface area contributed by atoms with Gasteiger partial charge in [0.05, 0.1) is 18.6 Å². The number of thiophene rings is 1. The van der Waals surface area contributed by atoms with E-state index in [0.717, 1.165) is 36.0 Å². The molecule has 6 heteroatoms. The Kier molecular flexibility index (Phi) is 6.16. The standard InChI is InChI=1S/C20H29N3O2S/c1-14-10-17(16(3)21-14)11-23(13-18-12-22(4)7-8-25-18)20(24)15(2)19-6-5-9-26-19/h5-6,9-10,15,18,21H,7-8,11-13H2,1-4H3/t15-,18-/m0/s1. The second kappa shape index (κ2) is 8.37. The lowest BCUT2D eigenvalue weighted by atomic mass is 10.1. The van der Waals surface area contributed by atoms with Crippen molar-refractivity contribution in [2.45, 2.75) is 39.3 Å². The van der Waals surface area contributed by atoms with Gasteiger partial charge < -0.3 is 19.5 Å². The van der Waals surface area contributed by atoms with Crippen LogP contribution in [0, 0.1) is 13.8 Å². The molecule has 1 N–H and O–H groups in total. The van der Waals surface area contributed by atoms with E-state index in [1.807, 2.05) is 29.3 Å². The summed E-state index contributed by atoms with van der Waals surface area (Å²) >= 11 is 1.64. The van der Waals surface area contributed by atoms with E-state index in [0.29, 0.717) is 13.1 Å². The van der Waals surface area contributed by atoms with Gasteiger partial charge in [0.1, 0.15) is 0 Å². The van der Waals surface area contributed by atoms with Crippen LogP contribution in [0.5, 0.6) is 0 Å². The number of carbonyl (C=O) groups is 1. The van der Waals surface area contributed by atoms with Crippen LogP contribution in [-0.4, -0.2) is 60.1 Å². The fourth-order valence-electron chi connectivity index (χ4n) is 3.54. The van der Waals surface area contributed by atoms with E-state index in [2.05, 4.69) is 36.8 Å². The van der Waals surface area contributed by atoms with Crippen molar-refractivity contribution in [1.29, 1.82) is 0 Å². The highest BCUT2D eigenvalue weighted by molar-refractivity contribution is 7.10. The number of amides is 1. The number of aromatic nitrogens is 1. The molecule has 2 aromatic heterocycles. The summed E-state index contributed by atoms with van der Waals surface area (Å²) in [6, 6.07) is 6.19. The molecule has 0 spiro atoms. The maximum Gasteiger partial charge on any atom is 0.231 e. The quantitative estimate of drug-likeness (QED) is 0.844. The molecular formula is C20H29N3O2S. The molecule has 2 aromatic rings. The molecule has 1 saturated heterocycles. The van der Waals surface area contributed by atoms with Crippen LogP contribution in [0.4, 0.5) is 0 Å². The van der Waals surface area contributed by atoms with E-state index < -0.39 is 0 Å². The molecule has 142 valence electrons. The minimum absolute atomic E-state index is 0.0635. The number of hydrogen-bond acceptors (Lipinski definition) is 4. The number of rotatable bonds is 6. The Morgan fingerprint density at radius 3 is 2.92 bits per heavy atom. The van der Waals surface area contributed by atoms with Gasteiger partial charge in [-0.15, -0.1) is 11.3 Å². The van der Waals surface area contributed by atoms with E-state index in [-0.39, 0.29) is 17.9 Å². The van der Waals surface area contributed by atoms with Gasteiger partial charge in [0, 0.05) is 42.4 Å². The predicted molar refractivity (Wildman–Crippen MR) is 106 cm³/mol. The summed E-state index contributed by atoms with van der Waals surface area (Å²) < 4.78 is 5.93. The minimum atomic E-state index is -0.128. The molecule has 0 bridgehead atoms. The van der Waals surface area contributed by atoms with Crippen LogP contribution in [0.2, 0.25) is 0 Å². The maximum atomic E-state index is 13.3. The van der Waals surface area contributed by atoms with Gasteiger partial charge in [-0.1, -0.05) is 6.07 Å². The number of hydrogen-bond donors (Lipinski definition) is 1. The van der Waals surface area contributed by atoms with Crippen LogP contribution in [-0.2, 0) is 16.1 Å². The fourth-order valence-corrected chi connectivity index (χ4v) is 4.32. The predicted octanol–water partition coefficient (Wildman–Crippen LogP) is 3.16. The van der Waals surface area contributed by atoms with Gasteiger partial charge in [0.15, 0.2) is 0 Å². The molecule has 0 unspecified atom stereocenters. The molecule has 0 aliphatic carbocycles. The second-order valence-electron chi connectivity index (χ2n) is 7.31. The van der Waals surface area contributed by atoms with Crippen LogP contribution in [0.3, 0.4) is 0 Å². The first kappa shape index (κ1) is 19.1. The minimum Gasteiger partial charge on any atom is -0.374 e. The van der Waals surface area contributed by atoms with Crippen molar-refractivity contribution in [3.8, 4) is 0 Å². The van der Waals surface area contributed by atoms with Crippen LogP contribution >= 0.6 is 11.3 Å². The number of aromatic amines is 1. The van der Waals surface area contributed by atoms with Crippen LogP contribution in [0.1, 0.15) is 34.7 Å². The third kappa shape index (κ3) is 4.55. The SMILES string of the molecule is Cc1cc(CN(C[C@@H]2CN(C)CCO2)C(=O)[C@@H](C)c2cccs2)c(C)[nH]1. The molecule has 5 nitrogen and oxygen atoms in total. The fraction of sp³-hybridized carbons (Fsp3) is 0.550. The van der Waals surface area contributed by atoms with Crippen molar-refractivity contribution in [3.63, 3.8) is 0 Å². The number of H-pyrrole nitrogens is 1. The molecule has 1 aliphatic heterocycles. The molecule has 1 amide bonds. The van der Waals surface area contributed by atoms with Gasteiger partial charge in [-0.3, -0.25) is 4.79 Å². The Morgan fingerprint density at radius 2 is 2.31 bits per heavy atom. The monoisotopic (exact) mass is 375 g/mol. The summed E-state index contributed by atoms with van der Waals surface area (Å²) in [7, 11) is 2.11. The van der Waals surface area contributed by atoms with Gasteiger partial charge in [-0.05, 0) is 50.9 Å². The largest absolute Gasteiger partial charge is 0.374 e. The molecule has 3 rings (SSSR count). The summed E-state index contributed by atoms with van der Waals surface area (Å²) in [6.07, 6.45) is 0.0635. The Balaban J connectivity index is 1.78. The summed E-state index contributed by atoms with van der Waals surface area (Å²) in [5.74, 6) is 0.0409. The molecule has 1 fully saturated rings. The van der Waals surface area contributed by atoms with Crippen LogP contribution in [0.25, 0.3) is 0 Å². The summed E-state index contributed by atoms with van der Waals surface area (Å²) in [5.41, 5.74) is 3.44. The summed E-state index contributed by atoms with van der Waals surface area (Å²) in [4.78, 5) is 22.0. The third-order valence-corrected chi connectivity index (χ3v) is 6.09. The topological polar surface area (TPSA) is 48.6 Å². The van der Waals surface area contributed by atoms with Gasteiger partial charge >= 0.3 is 0 Å². The van der Waals surface area contributed by atoms with E-state index in [1.165, 1.54) is 5.56 Å². The second-order valence-corrected chi connectivity index (χ2v) is 8.29. The van der Waals surface area contributed by atoms with Gasteiger partial charge in [0.25, 0.3) is 0 Å². The Morgan fingerprint density at radius 1 is 1.50 bits per heavy atom. The van der Waals surface area contributed by atoms with Crippen molar-refractivity contribution in [3.05, 3.63) is 45.4 Å². The molecule has 1 aliphatic rings. The Labute approximate surface area is 160 Å². The maximum absolute atomic E-state index is 13.3. The average Bonchev–Trinajstić information content (AvgIpc) is 3.23. The molecule has 26 heavy (non-hydrogen) atoms. The van der Waals surface area contributed by atoms with Crippen molar-refractivity contribution in [2.24, 2.45) is 0 Å². The number of nitrogens with zero attached hydrogens (tertiary/aromatic N) is 2. The third-order valence-electron chi connectivity index (χ3n) is 5.04. The molecule has 0 aromatic carbocycles. The summed E-state index contributed by atoms with van der Waals surface area (Å²) in [6.45, 7) is 9.91. The number of carbonyl (C=O) groups excluding carboxylic acids is 1. The Bertz CT molecular complexity index is 726. The first-order chi connectivity index (χ1) is 12.4. The number of nitrogens with one attached hydrogen (secondary N) is 1. The Hall–Kier alpha value is -1.63. The normalized spacial score (nSPS) is 19.5. The van der Waals surface area contributed by atoms with Crippen LogP contribution < -0.4 is 0 Å². The summed E-state index contributed by atoms with van der Waals surface area (Å²) in [5, 5.41) is 2.03. The first-order valence-corrected chi connectivity index (χ1v) is 10.1. The molecule has 3 heterocycles. The van der Waals surface area contributed by atoms with Crippen molar-refractivity contribution < 1.29 is 9.53 Å². The van der Waals surface area contributed by atoms with E-state index in [1.54, 1.807) is 11.3 Å². The zero-order valence-electron chi connectivity index (χ0n) is 16.1. The molecule has 0 saturated carbocycles. The van der Waals surface area contributed by atoms with Crippen LogP contribution in [0.15, 0.2) is 23.6 Å². The highest BCUT2D eigenvalue weighted by Crippen LogP contribution is 2.25. The van der Waals surface area contributed by atoms with Gasteiger partial charge in [-0.2, -0.15) is 0 Å². The highest BCUT2D eigenvalue weighted by atomic mass is 32.1. The number of morpholine rings is 1. The van der Waals surface area contributed by atoms with E-state index in [9.17, 15) is 4.79 Å². The molecule has 2 atom stereocenters. The average molecular weight is 376 g/mol.